The van der Waals surface area contributed by atoms with E-state index in [2.05, 4.69) is 43.5 Å². The molecule has 0 bridgehead atoms. The van der Waals surface area contributed by atoms with Gasteiger partial charge in [-0.3, -0.25) is 0 Å². The van der Waals surface area contributed by atoms with Crippen LogP contribution in [0.3, 0.4) is 0 Å². The molecule has 18 heavy (non-hydrogen) atoms. The van der Waals surface area contributed by atoms with Gasteiger partial charge in [-0.25, -0.2) is 4.98 Å². The summed E-state index contributed by atoms with van der Waals surface area (Å²) >= 11 is 3.46. The van der Waals surface area contributed by atoms with Crippen LogP contribution in [0, 0.1) is 0 Å². The molecule has 0 unspecified atom stereocenters. The average Bonchev–Trinajstić information content (AvgIpc) is 2.76. The number of nitrogens with zero attached hydrogens (tertiary/aromatic N) is 3. The minimum absolute atomic E-state index is 0.927. The lowest BCUT2D eigenvalue weighted by Crippen LogP contribution is -2.19. The van der Waals surface area contributed by atoms with Gasteiger partial charge >= 0.3 is 0 Å². The van der Waals surface area contributed by atoms with E-state index in [4.69, 9.17) is 0 Å². The Hall–Kier alpha value is -0.870. The van der Waals surface area contributed by atoms with E-state index in [9.17, 15) is 0 Å². The molecule has 2 heterocycles. The highest BCUT2D eigenvalue weighted by atomic mass is 79.9. The van der Waals surface area contributed by atoms with Crippen molar-refractivity contribution < 1.29 is 0 Å². The van der Waals surface area contributed by atoms with E-state index in [0.717, 1.165) is 29.8 Å². The van der Waals surface area contributed by atoms with Crippen LogP contribution < -0.4 is 0 Å². The number of pyridine rings is 1. The van der Waals surface area contributed by atoms with Crippen LogP contribution in [0.2, 0.25) is 0 Å². The molecule has 0 saturated carbocycles. The van der Waals surface area contributed by atoms with Gasteiger partial charge in [-0.2, -0.15) is 0 Å². The number of unbranched alkanes of at least 4 members (excludes halogenated alkanes) is 2. The Morgan fingerprint density at radius 3 is 2.94 bits per heavy atom. The van der Waals surface area contributed by atoms with Crippen LogP contribution >= 0.6 is 15.9 Å². The molecule has 98 valence electrons. The zero-order valence-corrected chi connectivity index (χ0v) is 12.4. The second-order valence-electron chi connectivity index (χ2n) is 4.69. The Labute approximate surface area is 117 Å². The van der Waals surface area contributed by atoms with Crippen molar-refractivity contribution in [2.24, 2.45) is 0 Å². The predicted molar refractivity (Wildman–Crippen MR) is 79.2 cm³/mol. The third kappa shape index (κ3) is 3.82. The SMILES string of the molecule is CN(CCCCCBr)Cc1cn2ccccc2n1. The summed E-state index contributed by atoms with van der Waals surface area (Å²) < 4.78 is 2.08. The second-order valence-corrected chi connectivity index (χ2v) is 5.48. The maximum absolute atomic E-state index is 4.61. The zero-order chi connectivity index (χ0) is 12.8. The number of hydrogen-bond acceptors (Lipinski definition) is 2. The standard InChI is InChI=1S/C14H20BrN3/c1-17(9-5-2-4-8-15)11-13-12-18-10-6-3-7-14(18)16-13/h3,6-7,10,12H,2,4-5,8-9,11H2,1H3. The van der Waals surface area contributed by atoms with Crippen molar-refractivity contribution >= 4 is 21.6 Å². The van der Waals surface area contributed by atoms with Gasteiger partial charge in [-0.1, -0.05) is 28.4 Å². The summed E-state index contributed by atoms with van der Waals surface area (Å²) in [4.78, 5) is 6.95. The lowest BCUT2D eigenvalue weighted by atomic mass is 10.2. The molecule has 0 spiro atoms. The molecule has 0 atom stereocenters. The molecule has 0 N–H and O–H groups in total. The van der Waals surface area contributed by atoms with Crippen molar-refractivity contribution in [2.75, 3.05) is 18.9 Å². The predicted octanol–water partition coefficient (Wildman–Crippen LogP) is 3.33. The third-order valence-corrected chi connectivity index (χ3v) is 3.58. The molecule has 0 fully saturated rings. The minimum Gasteiger partial charge on any atom is -0.307 e. The van der Waals surface area contributed by atoms with Gasteiger partial charge in [-0.05, 0) is 38.6 Å². The summed E-state index contributed by atoms with van der Waals surface area (Å²) in [6.45, 7) is 2.07. The highest BCUT2D eigenvalue weighted by molar-refractivity contribution is 9.09. The van der Waals surface area contributed by atoms with Crippen molar-refractivity contribution in [2.45, 2.75) is 25.8 Å². The van der Waals surface area contributed by atoms with Crippen molar-refractivity contribution in [3.63, 3.8) is 0 Å². The van der Waals surface area contributed by atoms with E-state index in [1.54, 1.807) is 0 Å². The third-order valence-electron chi connectivity index (χ3n) is 3.02. The number of hydrogen-bond donors (Lipinski definition) is 0. The Balaban J connectivity index is 1.84. The quantitative estimate of drug-likeness (QED) is 0.577. The number of imidazole rings is 1. The largest absolute Gasteiger partial charge is 0.307 e. The lowest BCUT2D eigenvalue weighted by Gasteiger charge is -2.14. The van der Waals surface area contributed by atoms with E-state index in [1.165, 1.54) is 19.3 Å². The van der Waals surface area contributed by atoms with Crippen LogP contribution in [0.15, 0.2) is 30.6 Å². The monoisotopic (exact) mass is 309 g/mol. The molecule has 0 aromatic carbocycles. The van der Waals surface area contributed by atoms with E-state index in [0.29, 0.717) is 0 Å². The Bertz CT molecular complexity index is 448. The molecular formula is C14H20BrN3. The van der Waals surface area contributed by atoms with Crippen molar-refractivity contribution in [1.82, 2.24) is 14.3 Å². The first-order valence-electron chi connectivity index (χ1n) is 6.47. The summed E-state index contributed by atoms with van der Waals surface area (Å²) in [5.74, 6) is 0. The Morgan fingerprint density at radius 2 is 2.17 bits per heavy atom. The minimum atomic E-state index is 0.927. The van der Waals surface area contributed by atoms with Crippen LogP contribution in [0.1, 0.15) is 25.0 Å². The van der Waals surface area contributed by atoms with Crippen LogP contribution in [0.5, 0.6) is 0 Å². The fourth-order valence-corrected chi connectivity index (χ4v) is 2.47. The molecule has 0 amide bonds. The molecule has 0 aliphatic rings. The van der Waals surface area contributed by atoms with E-state index >= 15 is 0 Å². The fourth-order valence-electron chi connectivity index (χ4n) is 2.07. The first-order valence-corrected chi connectivity index (χ1v) is 7.59. The molecule has 2 aromatic rings. The number of halogens is 1. The topological polar surface area (TPSA) is 20.5 Å². The van der Waals surface area contributed by atoms with Gasteiger partial charge in [0.25, 0.3) is 0 Å². The van der Waals surface area contributed by atoms with Gasteiger partial charge in [0.15, 0.2) is 0 Å². The molecular weight excluding hydrogens is 290 g/mol. The van der Waals surface area contributed by atoms with Gasteiger partial charge in [0.05, 0.1) is 5.69 Å². The summed E-state index contributed by atoms with van der Waals surface area (Å²) in [5, 5.41) is 1.11. The van der Waals surface area contributed by atoms with Gasteiger partial charge in [0.1, 0.15) is 5.65 Å². The molecule has 4 heteroatoms. The Kier molecular flexibility index (Phi) is 5.20. The van der Waals surface area contributed by atoms with Gasteiger partial charge < -0.3 is 9.30 Å². The summed E-state index contributed by atoms with van der Waals surface area (Å²) in [5.41, 5.74) is 2.17. The highest BCUT2D eigenvalue weighted by Crippen LogP contribution is 2.07. The van der Waals surface area contributed by atoms with E-state index < -0.39 is 0 Å². The smallest absolute Gasteiger partial charge is 0.137 e. The second kappa shape index (κ2) is 6.90. The first kappa shape index (κ1) is 13.6. The lowest BCUT2D eigenvalue weighted by molar-refractivity contribution is 0.315. The summed E-state index contributed by atoms with van der Waals surface area (Å²) in [6, 6.07) is 6.10. The van der Waals surface area contributed by atoms with E-state index in [1.807, 2.05) is 24.4 Å². The molecule has 0 aliphatic heterocycles. The van der Waals surface area contributed by atoms with Crippen molar-refractivity contribution in [3.05, 3.63) is 36.3 Å². The van der Waals surface area contributed by atoms with Gasteiger partial charge in [-0.15, -0.1) is 0 Å². The molecule has 0 saturated heterocycles. The summed E-state index contributed by atoms with van der Waals surface area (Å²) in [7, 11) is 2.16. The zero-order valence-electron chi connectivity index (χ0n) is 10.8. The van der Waals surface area contributed by atoms with E-state index in [-0.39, 0.29) is 0 Å². The first-order chi connectivity index (χ1) is 8.79. The number of aromatic nitrogens is 2. The normalized spacial score (nSPS) is 11.5. The van der Waals surface area contributed by atoms with Crippen LogP contribution in [-0.4, -0.2) is 33.2 Å². The number of alkyl halides is 1. The number of rotatable bonds is 7. The van der Waals surface area contributed by atoms with Crippen molar-refractivity contribution in [3.8, 4) is 0 Å². The summed E-state index contributed by atoms with van der Waals surface area (Å²) in [6.07, 6.45) is 7.98. The highest BCUT2D eigenvalue weighted by Gasteiger charge is 2.04. The fraction of sp³-hybridized carbons (Fsp3) is 0.500. The van der Waals surface area contributed by atoms with Crippen LogP contribution in [0.25, 0.3) is 5.65 Å². The average molecular weight is 310 g/mol. The van der Waals surface area contributed by atoms with Crippen LogP contribution in [0.4, 0.5) is 0 Å². The molecule has 3 nitrogen and oxygen atoms in total. The maximum Gasteiger partial charge on any atom is 0.137 e. The molecule has 2 aromatic heterocycles. The van der Waals surface area contributed by atoms with Crippen molar-refractivity contribution in [1.29, 1.82) is 0 Å². The molecule has 0 radical (unpaired) electrons. The van der Waals surface area contributed by atoms with Gasteiger partial charge in [0, 0.05) is 24.3 Å². The van der Waals surface area contributed by atoms with Crippen LogP contribution in [-0.2, 0) is 6.54 Å². The molecule has 0 aliphatic carbocycles. The van der Waals surface area contributed by atoms with Gasteiger partial charge in [0.2, 0.25) is 0 Å². The number of fused-ring (bicyclic) bond motifs is 1. The maximum atomic E-state index is 4.61. The molecule has 2 rings (SSSR count). The Morgan fingerprint density at radius 1 is 1.28 bits per heavy atom.